The van der Waals surface area contributed by atoms with Crippen LogP contribution in [0, 0.1) is 11.6 Å². The second-order valence-electron chi connectivity index (χ2n) is 3.80. The molecule has 0 aliphatic carbocycles. The zero-order chi connectivity index (χ0) is 13.7. The highest BCUT2D eigenvalue weighted by Crippen LogP contribution is 2.22. The van der Waals surface area contributed by atoms with E-state index in [9.17, 15) is 8.78 Å². The van der Waals surface area contributed by atoms with Crippen LogP contribution in [-0.4, -0.2) is 16.0 Å². The molecule has 0 saturated heterocycles. The number of benzene rings is 1. The summed E-state index contributed by atoms with van der Waals surface area (Å²) in [6.07, 6.45) is 1.32. The number of hydrogen-bond donors (Lipinski definition) is 1. The summed E-state index contributed by atoms with van der Waals surface area (Å²) in [5.74, 6) is -1.28. The molecule has 2 rings (SSSR count). The van der Waals surface area contributed by atoms with Gasteiger partial charge >= 0.3 is 0 Å². The van der Waals surface area contributed by atoms with Crippen molar-refractivity contribution in [3.05, 3.63) is 30.1 Å². The van der Waals surface area contributed by atoms with Gasteiger partial charge in [0.15, 0.2) is 11.6 Å². The number of aromatic nitrogens is 2. The maximum atomic E-state index is 13.1. The van der Waals surface area contributed by atoms with Crippen molar-refractivity contribution in [3.8, 4) is 0 Å². The monoisotopic (exact) mass is 253 g/mol. The summed E-state index contributed by atoms with van der Waals surface area (Å²) in [7, 11) is 0. The van der Waals surface area contributed by atoms with E-state index in [4.69, 9.17) is 0 Å². The molecule has 1 aromatic carbocycles. The van der Waals surface area contributed by atoms with Crippen molar-refractivity contribution in [2.75, 3.05) is 5.32 Å². The number of nitrogens with one attached hydrogen (secondary N) is 1. The number of halogens is 2. The maximum Gasteiger partial charge on any atom is 0.161 e. The molecule has 0 saturated carbocycles. The largest absolute Gasteiger partial charge is 0.367 e. The molecule has 0 aliphatic heterocycles. The molecule has 0 amide bonds. The Morgan fingerprint density at radius 3 is 2.28 bits per heavy atom. The first-order valence-electron chi connectivity index (χ1n) is 5.94. The average Bonchev–Trinajstić information content (AvgIpc) is 2.34. The molecular formula is C13H17F2N3. The molecule has 1 heterocycles. The van der Waals surface area contributed by atoms with Crippen molar-refractivity contribution in [2.45, 2.75) is 33.7 Å². The molecule has 0 spiro atoms. The van der Waals surface area contributed by atoms with Gasteiger partial charge in [0.2, 0.25) is 0 Å². The molecule has 1 N–H and O–H groups in total. The lowest BCUT2D eigenvalue weighted by Crippen LogP contribution is -2.11. The minimum absolute atomic E-state index is 0.159. The van der Waals surface area contributed by atoms with E-state index in [0.717, 1.165) is 12.1 Å². The first-order chi connectivity index (χ1) is 8.58. The van der Waals surface area contributed by atoms with Crippen molar-refractivity contribution in [1.29, 1.82) is 0 Å². The average molecular weight is 253 g/mol. The van der Waals surface area contributed by atoms with Crippen LogP contribution in [0.25, 0.3) is 10.9 Å². The lowest BCUT2D eigenvalue weighted by atomic mass is 10.2. The number of anilines is 1. The van der Waals surface area contributed by atoms with Crippen molar-refractivity contribution >= 4 is 16.7 Å². The van der Waals surface area contributed by atoms with Gasteiger partial charge in [-0.25, -0.2) is 18.7 Å². The van der Waals surface area contributed by atoms with Crippen LogP contribution in [0.4, 0.5) is 14.6 Å². The van der Waals surface area contributed by atoms with E-state index in [-0.39, 0.29) is 6.04 Å². The van der Waals surface area contributed by atoms with Crippen LogP contribution >= 0.6 is 0 Å². The molecule has 98 valence electrons. The van der Waals surface area contributed by atoms with Gasteiger partial charge < -0.3 is 5.32 Å². The molecule has 18 heavy (non-hydrogen) atoms. The zero-order valence-electron chi connectivity index (χ0n) is 11.0. The molecule has 5 heteroatoms. The Hall–Kier alpha value is -1.78. The van der Waals surface area contributed by atoms with Crippen LogP contribution in [0.15, 0.2) is 18.5 Å². The quantitative estimate of drug-likeness (QED) is 0.885. The normalized spacial score (nSPS) is 10.2. The molecule has 0 radical (unpaired) electrons. The van der Waals surface area contributed by atoms with E-state index in [1.165, 1.54) is 6.33 Å². The van der Waals surface area contributed by atoms with E-state index in [1.807, 2.05) is 27.7 Å². The Bertz CT molecular complexity index is 527. The number of fused-ring (bicyclic) bond motifs is 1. The summed E-state index contributed by atoms with van der Waals surface area (Å²) < 4.78 is 26.1. The fourth-order valence-electron chi connectivity index (χ4n) is 1.44. The fourth-order valence-corrected chi connectivity index (χ4v) is 1.44. The maximum absolute atomic E-state index is 13.1. The van der Waals surface area contributed by atoms with Gasteiger partial charge in [-0.3, -0.25) is 0 Å². The summed E-state index contributed by atoms with van der Waals surface area (Å²) >= 11 is 0. The van der Waals surface area contributed by atoms with Gasteiger partial charge in [0.05, 0.1) is 5.52 Å². The molecule has 0 bridgehead atoms. The van der Waals surface area contributed by atoms with Crippen LogP contribution in [0.2, 0.25) is 0 Å². The van der Waals surface area contributed by atoms with Crippen molar-refractivity contribution in [3.63, 3.8) is 0 Å². The zero-order valence-corrected chi connectivity index (χ0v) is 11.0. The summed E-state index contributed by atoms with van der Waals surface area (Å²) in [5.41, 5.74) is 0.386. The Kier molecular flexibility index (Phi) is 4.95. The van der Waals surface area contributed by atoms with Crippen LogP contribution in [0.1, 0.15) is 27.7 Å². The number of rotatable bonds is 2. The highest BCUT2D eigenvalue weighted by Gasteiger charge is 2.09. The third kappa shape index (κ3) is 3.12. The van der Waals surface area contributed by atoms with Crippen LogP contribution < -0.4 is 5.32 Å². The van der Waals surface area contributed by atoms with Crippen LogP contribution in [-0.2, 0) is 0 Å². The molecule has 3 nitrogen and oxygen atoms in total. The SMILES string of the molecule is CC.CC(C)Nc1ncnc2cc(F)c(F)cc12. The minimum atomic E-state index is -0.901. The summed E-state index contributed by atoms with van der Waals surface area (Å²) in [6, 6.07) is 2.33. The van der Waals surface area contributed by atoms with Crippen LogP contribution in [0.3, 0.4) is 0 Å². The third-order valence-corrected chi connectivity index (χ3v) is 2.10. The topological polar surface area (TPSA) is 37.8 Å². The summed E-state index contributed by atoms with van der Waals surface area (Å²) in [4.78, 5) is 7.90. The van der Waals surface area contributed by atoms with E-state index < -0.39 is 11.6 Å². The minimum Gasteiger partial charge on any atom is -0.367 e. The van der Waals surface area contributed by atoms with E-state index in [0.29, 0.717) is 16.7 Å². The first kappa shape index (κ1) is 14.3. The molecule has 1 aromatic heterocycles. The standard InChI is InChI=1S/C11H11F2N3.C2H6/c1-6(2)16-11-7-3-8(12)9(13)4-10(7)14-5-15-11;1-2/h3-6H,1-2H3,(H,14,15,16);1-2H3. The highest BCUT2D eigenvalue weighted by molar-refractivity contribution is 5.88. The van der Waals surface area contributed by atoms with Gasteiger partial charge in [0, 0.05) is 17.5 Å². The molecule has 2 aromatic rings. The Balaban J connectivity index is 0.000000771. The summed E-state index contributed by atoms with van der Waals surface area (Å²) in [5, 5.41) is 3.54. The fraction of sp³-hybridized carbons (Fsp3) is 0.385. The van der Waals surface area contributed by atoms with Crippen molar-refractivity contribution in [2.24, 2.45) is 0 Å². The highest BCUT2D eigenvalue weighted by atomic mass is 19.2. The van der Waals surface area contributed by atoms with Gasteiger partial charge in [-0.1, -0.05) is 13.8 Å². The van der Waals surface area contributed by atoms with Crippen LogP contribution in [0.5, 0.6) is 0 Å². The van der Waals surface area contributed by atoms with Crippen molar-refractivity contribution in [1.82, 2.24) is 9.97 Å². The van der Waals surface area contributed by atoms with Gasteiger partial charge in [0.1, 0.15) is 12.1 Å². The Morgan fingerprint density at radius 2 is 1.67 bits per heavy atom. The Labute approximate surface area is 105 Å². The number of hydrogen-bond acceptors (Lipinski definition) is 3. The smallest absolute Gasteiger partial charge is 0.161 e. The Morgan fingerprint density at radius 1 is 1.06 bits per heavy atom. The lowest BCUT2D eigenvalue weighted by molar-refractivity contribution is 0.510. The van der Waals surface area contributed by atoms with E-state index in [2.05, 4.69) is 15.3 Å². The molecular weight excluding hydrogens is 236 g/mol. The molecule has 0 atom stereocenters. The first-order valence-corrected chi connectivity index (χ1v) is 5.94. The molecule has 0 aliphatic rings. The second kappa shape index (κ2) is 6.23. The predicted molar refractivity (Wildman–Crippen MR) is 69.6 cm³/mol. The van der Waals surface area contributed by atoms with Gasteiger partial charge in [-0.15, -0.1) is 0 Å². The number of nitrogens with zero attached hydrogens (tertiary/aromatic N) is 2. The van der Waals surface area contributed by atoms with E-state index in [1.54, 1.807) is 0 Å². The van der Waals surface area contributed by atoms with E-state index >= 15 is 0 Å². The van der Waals surface area contributed by atoms with Crippen molar-refractivity contribution < 1.29 is 8.78 Å². The molecule has 0 unspecified atom stereocenters. The third-order valence-electron chi connectivity index (χ3n) is 2.10. The van der Waals surface area contributed by atoms with Gasteiger partial charge in [0.25, 0.3) is 0 Å². The summed E-state index contributed by atoms with van der Waals surface area (Å²) in [6.45, 7) is 7.88. The second-order valence-corrected chi connectivity index (χ2v) is 3.80. The lowest BCUT2D eigenvalue weighted by Gasteiger charge is -2.11. The predicted octanol–water partition coefficient (Wildman–Crippen LogP) is 3.75. The van der Waals surface area contributed by atoms with Gasteiger partial charge in [-0.05, 0) is 19.9 Å². The van der Waals surface area contributed by atoms with Gasteiger partial charge in [-0.2, -0.15) is 0 Å². The molecule has 0 fully saturated rings.